The Hall–Kier alpha value is -3.65. The first-order valence-electron chi connectivity index (χ1n) is 14.4. The Morgan fingerprint density at radius 1 is 1.05 bits per heavy atom. The maximum absolute atomic E-state index is 15.5. The van der Waals surface area contributed by atoms with Gasteiger partial charge in [0.25, 0.3) is 0 Å². The van der Waals surface area contributed by atoms with E-state index in [-0.39, 0.29) is 29.4 Å². The van der Waals surface area contributed by atoms with Crippen LogP contribution < -0.4 is 9.47 Å². The number of ketones is 1. The monoisotopic (exact) mass is 578 g/mol. The molecular formula is C34H40F2N2O4. The van der Waals surface area contributed by atoms with E-state index in [9.17, 15) is 14.0 Å². The number of carbonyl (C=O) groups excluding carboxylic acids is 2. The third-order valence-corrected chi connectivity index (χ3v) is 8.14. The molecular weight excluding hydrogens is 538 g/mol. The van der Waals surface area contributed by atoms with E-state index in [1.807, 2.05) is 0 Å². The van der Waals surface area contributed by atoms with Crippen molar-refractivity contribution in [2.45, 2.75) is 84.6 Å². The highest BCUT2D eigenvalue weighted by molar-refractivity contribution is 5.92. The van der Waals surface area contributed by atoms with Crippen molar-refractivity contribution in [3.05, 3.63) is 77.2 Å². The van der Waals surface area contributed by atoms with Gasteiger partial charge < -0.3 is 9.47 Å². The summed E-state index contributed by atoms with van der Waals surface area (Å²) in [5, 5.41) is 0. The number of hydrogen-bond acceptors (Lipinski definition) is 6. The highest BCUT2D eigenvalue weighted by Gasteiger charge is 2.48. The van der Waals surface area contributed by atoms with Gasteiger partial charge in [0.2, 0.25) is 5.88 Å². The molecule has 2 aromatic carbocycles. The van der Waals surface area contributed by atoms with Crippen molar-refractivity contribution in [3.63, 3.8) is 0 Å². The number of halogens is 2. The summed E-state index contributed by atoms with van der Waals surface area (Å²) in [7, 11) is 1.47. The molecule has 0 aliphatic heterocycles. The number of alkyl halides is 1. The van der Waals surface area contributed by atoms with E-state index < -0.39 is 29.2 Å². The second-order valence-corrected chi connectivity index (χ2v) is 11.8. The summed E-state index contributed by atoms with van der Waals surface area (Å²) in [6.07, 6.45) is 2.81. The Morgan fingerprint density at radius 2 is 1.74 bits per heavy atom. The minimum atomic E-state index is -2.03. The molecule has 1 saturated carbocycles. The second-order valence-electron chi connectivity index (χ2n) is 11.8. The summed E-state index contributed by atoms with van der Waals surface area (Å²) in [6, 6.07) is 13.8. The largest absolute Gasteiger partial charge is 0.481 e. The van der Waals surface area contributed by atoms with Crippen LogP contribution in [0.4, 0.5) is 8.78 Å². The van der Waals surface area contributed by atoms with Gasteiger partial charge in [-0.1, -0.05) is 18.2 Å². The van der Waals surface area contributed by atoms with Crippen molar-refractivity contribution in [1.29, 1.82) is 0 Å². The third kappa shape index (κ3) is 6.86. The van der Waals surface area contributed by atoms with Gasteiger partial charge in [-0.2, -0.15) is 0 Å². The fourth-order valence-electron chi connectivity index (χ4n) is 5.62. The van der Waals surface area contributed by atoms with E-state index in [0.29, 0.717) is 29.0 Å². The summed E-state index contributed by atoms with van der Waals surface area (Å²) in [6.45, 7) is 11.4. The van der Waals surface area contributed by atoms with Gasteiger partial charge in [0.15, 0.2) is 11.5 Å². The number of rotatable bonds is 12. The fraction of sp³-hybridized carbons (Fsp3) is 0.441. The maximum atomic E-state index is 15.5. The normalized spacial score (nSPS) is 15.5. The zero-order valence-corrected chi connectivity index (χ0v) is 25.4. The van der Waals surface area contributed by atoms with E-state index in [1.54, 1.807) is 48.5 Å². The van der Waals surface area contributed by atoms with Crippen molar-refractivity contribution in [2.75, 3.05) is 7.11 Å². The first kappa shape index (κ1) is 31.3. The number of hydrogen-bond donors (Lipinski definition) is 0. The number of ether oxygens (including phenoxy) is 2. The molecule has 0 N–H and O–H groups in total. The third-order valence-electron chi connectivity index (χ3n) is 8.14. The number of esters is 1. The molecule has 0 spiro atoms. The van der Waals surface area contributed by atoms with Crippen molar-refractivity contribution in [3.8, 4) is 22.8 Å². The van der Waals surface area contributed by atoms with Crippen LogP contribution in [-0.4, -0.2) is 46.5 Å². The Morgan fingerprint density at radius 3 is 2.33 bits per heavy atom. The number of Topliss-reactive ketones (excluding diaryl/α,β-unsaturated/α-hetero) is 1. The molecule has 1 aliphatic rings. The number of pyridine rings is 1. The van der Waals surface area contributed by atoms with E-state index in [1.165, 1.54) is 21.0 Å². The van der Waals surface area contributed by atoms with Gasteiger partial charge in [-0.25, -0.2) is 18.6 Å². The molecule has 6 nitrogen and oxygen atoms in total. The number of benzene rings is 2. The van der Waals surface area contributed by atoms with Crippen LogP contribution in [0.2, 0.25) is 0 Å². The SMILES string of the molecule is COc1cc(-c2ccc(OC(=O)c3cccc([C@H](C4CC4)[C@@](C)(F)C(C)=O)c3)cc2CN(C(C)C)C(C)C)c(F)cn1. The molecule has 0 radical (unpaired) electrons. The van der Waals surface area contributed by atoms with Gasteiger partial charge in [0, 0.05) is 36.2 Å². The lowest BCUT2D eigenvalue weighted by atomic mass is 9.78. The van der Waals surface area contributed by atoms with Gasteiger partial charge in [0.05, 0.1) is 18.9 Å². The Bertz CT molecular complexity index is 1440. The predicted molar refractivity (Wildman–Crippen MR) is 159 cm³/mol. The second kappa shape index (κ2) is 12.7. The molecule has 42 heavy (non-hydrogen) atoms. The van der Waals surface area contributed by atoms with Crippen LogP contribution in [-0.2, 0) is 11.3 Å². The van der Waals surface area contributed by atoms with Crippen LogP contribution in [0.3, 0.4) is 0 Å². The lowest BCUT2D eigenvalue weighted by molar-refractivity contribution is -0.129. The summed E-state index contributed by atoms with van der Waals surface area (Å²) >= 11 is 0. The van der Waals surface area contributed by atoms with Crippen molar-refractivity contribution in [1.82, 2.24) is 9.88 Å². The topological polar surface area (TPSA) is 68.7 Å². The van der Waals surface area contributed by atoms with E-state index in [0.717, 1.165) is 24.6 Å². The Labute approximate surface area is 247 Å². The average Bonchev–Trinajstić information content (AvgIpc) is 3.77. The smallest absolute Gasteiger partial charge is 0.343 e. The molecule has 2 atom stereocenters. The minimum absolute atomic E-state index is 0.0577. The highest BCUT2D eigenvalue weighted by Crippen LogP contribution is 2.50. The Kier molecular flexibility index (Phi) is 9.46. The van der Waals surface area contributed by atoms with Crippen LogP contribution in [0.5, 0.6) is 11.6 Å². The maximum Gasteiger partial charge on any atom is 0.343 e. The van der Waals surface area contributed by atoms with E-state index in [2.05, 4.69) is 37.6 Å². The lowest BCUT2D eigenvalue weighted by Crippen LogP contribution is -2.36. The average molecular weight is 579 g/mol. The molecule has 4 rings (SSSR count). The minimum Gasteiger partial charge on any atom is -0.481 e. The molecule has 8 heteroatoms. The van der Waals surface area contributed by atoms with Gasteiger partial charge in [-0.3, -0.25) is 9.69 Å². The predicted octanol–water partition coefficient (Wildman–Crippen LogP) is 7.55. The van der Waals surface area contributed by atoms with Crippen LogP contribution in [0.1, 0.15) is 81.8 Å². The fourth-order valence-corrected chi connectivity index (χ4v) is 5.62. The highest BCUT2D eigenvalue weighted by atomic mass is 19.1. The van der Waals surface area contributed by atoms with Crippen LogP contribution in [0.15, 0.2) is 54.7 Å². The molecule has 1 heterocycles. The number of nitrogens with zero attached hydrogens (tertiary/aromatic N) is 2. The quantitative estimate of drug-likeness (QED) is 0.163. The van der Waals surface area contributed by atoms with Crippen LogP contribution in [0, 0.1) is 11.7 Å². The first-order valence-corrected chi connectivity index (χ1v) is 14.4. The van der Waals surface area contributed by atoms with Gasteiger partial charge in [-0.15, -0.1) is 0 Å². The number of methoxy groups -OCH3 is 1. The molecule has 0 bridgehead atoms. The molecule has 1 fully saturated rings. The van der Waals surface area contributed by atoms with Crippen molar-refractivity contribution < 1.29 is 27.8 Å². The standard InChI is InChI=1S/C34H40F2N2O4/c1-20(2)38(21(3)4)19-26-16-27(13-14-28(26)29-17-31(41-7)37-18-30(29)35)42-33(40)25-10-8-9-24(15-25)32(23-11-12-23)34(6,36)22(5)39/h8-10,13-18,20-21,23,32H,11-12,19H2,1-7H3/t32-,34-/m0/s1. The molecule has 3 aromatic rings. The molecule has 0 unspecified atom stereocenters. The molecule has 1 aromatic heterocycles. The zero-order chi connectivity index (χ0) is 30.8. The van der Waals surface area contributed by atoms with Crippen LogP contribution >= 0.6 is 0 Å². The van der Waals surface area contributed by atoms with Gasteiger partial charge >= 0.3 is 5.97 Å². The van der Waals surface area contributed by atoms with Crippen molar-refractivity contribution in [2.24, 2.45) is 5.92 Å². The van der Waals surface area contributed by atoms with Crippen LogP contribution in [0.25, 0.3) is 11.1 Å². The van der Waals surface area contributed by atoms with E-state index >= 15 is 4.39 Å². The summed E-state index contributed by atoms with van der Waals surface area (Å²) in [5.74, 6) is -1.60. The lowest BCUT2D eigenvalue weighted by Gasteiger charge is -2.31. The number of aromatic nitrogens is 1. The Balaban J connectivity index is 1.68. The summed E-state index contributed by atoms with van der Waals surface area (Å²) in [4.78, 5) is 31.7. The van der Waals surface area contributed by atoms with E-state index in [4.69, 9.17) is 9.47 Å². The van der Waals surface area contributed by atoms with Crippen molar-refractivity contribution >= 4 is 11.8 Å². The summed E-state index contributed by atoms with van der Waals surface area (Å²) < 4.78 is 41.6. The number of carbonyl (C=O) groups is 2. The summed E-state index contributed by atoms with van der Waals surface area (Å²) in [5.41, 5.74) is 0.583. The van der Waals surface area contributed by atoms with Gasteiger partial charge in [-0.05, 0) is 101 Å². The molecule has 224 valence electrons. The molecule has 0 saturated heterocycles. The molecule has 1 aliphatic carbocycles. The van der Waals surface area contributed by atoms with Gasteiger partial charge in [0.1, 0.15) is 11.6 Å². The molecule has 0 amide bonds. The first-order chi connectivity index (χ1) is 19.8. The zero-order valence-electron chi connectivity index (χ0n) is 25.4.